The number of rotatable bonds is 6. The summed E-state index contributed by atoms with van der Waals surface area (Å²) < 4.78 is 5.16. The lowest BCUT2D eigenvalue weighted by Gasteiger charge is -2.26. The summed E-state index contributed by atoms with van der Waals surface area (Å²) in [5.41, 5.74) is 7.96. The highest BCUT2D eigenvalue weighted by Crippen LogP contribution is 2.29. The van der Waals surface area contributed by atoms with Gasteiger partial charge in [-0.25, -0.2) is 0 Å². The first kappa shape index (κ1) is 14.0. The van der Waals surface area contributed by atoms with E-state index in [-0.39, 0.29) is 12.5 Å². The van der Waals surface area contributed by atoms with E-state index in [0.29, 0.717) is 12.6 Å². The fourth-order valence-electron chi connectivity index (χ4n) is 2.15. The lowest BCUT2D eigenvalue weighted by Crippen LogP contribution is -2.44. The quantitative estimate of drug-likeness (QED) is 0.844. The van der Waals surface area contributed by atoms with Crippen molar-refractivity contribution in [2.45, 2.75) is 38.5 Å². The van der Waals surface area contributed by atoms with Crippen LogP contribution in [0, 0.1) is 6.92 Å². The fraction of sp³-hybridized carbons (Fsp3) is 0.533. The molecule has 2 N–H and O–H groups in total. The van der Waals surface area contributed by atoms with E-state index < -0.39 is 6.10 Å². The standard InChI is InChI=1S/C15H22N2O2/c1-11-3-5-12(6-4-11)10-17(13-7-8-13)15(18)14(9-16)19-2/h3-6,13-14H,7-10,16H2,1-2H3. The highest BCUT2D eigenvalue weighted by Gasteiger charge is 2.35. The average Bonchev–Trinajstić information content (AvgIpc) is 3.23. The Kier molecular flexibility index (Phi) is 4.56. The first-order valence-corrected chi connectivity index (χ1v) is 6.74. The minimum absolute atomic E-state index is 0.00748. The van der Waals surface area contributed by atoms with E-state index in [9.17, 15) is 4.79 Å². The lowest BCUT2D eigenvalue weighted by molar-refractivity contribution is -0.142. The maximum atomic E-state index is 12.4. The van der Waals surface area contributed by atoms with E-state index in [2.05, 4.69) is 31.2 Å². The third-order valence-corrected chi connectivity index (χ3v) is 3.52. The van der Waals surface area contributed by atoms with Crippen LogP contribution in [0.4, 0.5) is 0 Å². The smallest absolute Gasteiger partial charge is 0.253 e. The molecule has 1 amide bonds. The van der Waals surface area contributed by atoms with E-state index in [1.165, 1.54) is 12.7 Å². The zero-order chi connectivity index (χ0) is 13.8. The normalized spacial score (nSPS) is 16.2. The number of amides is 1. The summed E-state index contributed by atoms with van der Waals surface area (Å²) in [5, 5.41) is 0. The Bertz CT molecular complexity index is 422. The summed E-state index contributed by atoms with van der Waals surface area (Å²) in [6.07, 6.45) is 1.64. The third-order valence-electron chi connectivity index (χ3n) is 3.52. The molecule has 1 saturated carbocycles. The first-order valence-electron chi connectivity index (χ1n) is 6.74. The van der Waals surface area contributed by atoms with Gasteiger partial charge in [0.2, 0.25) is 0 Å². The van der Waals surface area contributed by atoms with Crippen molar-refractivity contribution in [3.63, 3.8) is 0 Å². The van der Waals surface area contributed by atoms with Gasteiger partial charge in [0.25, 0.3) is 5.91 Å². The second-order valence-corrected chi connectivity index (χ2v) is 5.14. The molecule has 4 nitrogen and oxygen atoms in total. The molecule has 0 spiro atoms. The van der Waals surface area contributed by atoms with Crippen molar-refractivity contribution in [3.05, 3.63) is 35.4 Å². The van der Waals surface area contributed by atoms with Crippen LogP contribution in [0.25, 0.3) is 0 Å². The molecule has 1 fully saturated rings. The first-order chi connectivity index (χ1) is 9.15. The molecule has 0 radical (unpaired) electrons. The van der Waals surface area contributed by atoms with Crippen molar-refractivity contribution in [1.29, 1.82) is 0 Å². The molecule has 0 aromatic heterocycles. The Labute approximate surface area is 114 Å². The minimum atomic E-state index is -0.522. The zero-order valence-electron chi connectivity index (χ0n) is 11.6. The van der Waals surface area contributed by atoms with Gasteiger partial charge < -0.3 is 15.4 Å². The number of hydrogen-bond donors (Lipinski definition) is 1. The highest BCUT2D eigenvalue weighted by atomic mass is 16.5. The summed E-state index contributed by atoms with van der Waals surface area (Å²) in [6, 6.07) is 8.64. The van der Waals surface area contributed by atoms with Gasteiger partial charge in [0, 0.05) is 26.2 Å². The van der Waals surface area contributed by atoms with Gasteiger partial charge in [-0.2, -0.15) is 0 Å². The van der Waals surface area contributed by atoms with Crippen molar-refractivity contribution in [3.8, 4) is 0 Å². The number of ether oxygens (including phenoxy) is 1. The van der Waals surface area contributed by atoms with Crippen LogP contribution in [0.2, 0.25) is 0 Å². The van der Waals surface area contributed by atoms with Gasteiger partial charge in [-0.15, -0.1) is 0 Å². The highest BCUT2D eigenvalue weighted by molar-refractivity contribution is 5.81. The van der Waals surface area contributed by atoms with Crippen LogP contribution >= 0.6 is 0 Å². The van der Waals surface area contributed by atoms with E-state index in [1.54, 1.807) is 0 Å². The van der Waals surface area contributed by atoms with E-state index in [1.807, 2.05) is 4.90 Å². The molecule has 1 aliphatic rings. The predicted octanol–water partition coefficient (Wildman–Crippen LogP) is 1.46. The second-order valence-electron chi connectivity index (χ2n) is 5.14. The summed E-state index contributed by atoms with van der Waals surface area (Å²) in [7, 11) is 1.53. The summed E-state index contributed by atoms with van der Waals surface area (Å²) in [4.78, 5) is 14.3. The maximum Gasteiger partial charge on any atom is 0.253 e. The third kappa shape index (κ3) is 3.55. The van der Waals surface area contributed by atoms with Crippen molar-refractivity contribution in [2.75, 3.05) is 13.7 Å². The minimum Gasteiger partial charge on any atom is -0.370 e. The summed E-state index contributed by atoms with van der Waals surface area (Å²) in [6.45, 7) is 2.93. The monoisotopic (exact) mass is 262 g/mol. The largest absolute Gasteiger partial charge is 0.370 e. The molecule has 1 aromatic rings. The molecule has 0 saturated heterocycles. The summed E-state index contributed by atoms with van der Waals surface area (Å²) >= 11 is 0. The van der Waals surface area contributed by atoms with E-state index in [4.69, 9.17) is 10.5 Å². The molecule has 1 aliphatic carbocycles. The molecule has 1 aromatic carbocycles. The Morgan fingerprint density at radius 3 is 2.53 bits per heavy atom. The number of nitrogens with zero attached hydrogens (tertiary/aromatic N) is 1. The van der Waals surface area contributed by atoms with Crippen LogP contribution in [-0.4, -0.2) is 36.6 Å². The number of benzene rings is 1. The molecule has 1 unspecified atom stereocenters. The van der Waals surface area contributed by atoms with Crippen LogP contribution in [-0.2, 0) is 16.1 Å². The Morgan fingerprint density at radius 1 is 1.42 bits per heavy atom. The van der Waals surface area contributed by atoms with Crippen LogP contribution in [0.15, 0.2) is 24.3 Å². The van der Waals surface area contributed by atoms with E-state index >= 15 is 0 Å². The van der Waals surface area contributed by atoms with Crippen LogP contribution in [0.1, 0.15) is 24.0 Å². The van der Waals surface area contributed by atoms with Crippen molar-refractivity contribution in [1.82, 2.24) is 4.90 Å². The van der Waals surface area contributed by atoms with Gasteiger partial charge in [0.05, 0.1) is 0 Å². The Hall–Kier alpha value is -1.39. The topological polar surface area (TPSA) is 55.6 Å². The summed E-state index contributed by atoms with van der Waals surface area (Å²) in [5.74, 6) is 0.00748. The number of methoxy groups -OCH3 is 1. The molecule has 2 rings (SSSR count). The molecule has 104 valence electrons. The lowest BCUT2D eigenvalue weighted by atomic mass is 10.1. The maximum absolute atomic E-state index is 12.4. The fourth-order valence-corrected chi connectivity index (χ4v) is 2.15. The van der Waals surface area contributed by atoms with Crippen LogP contribution in [0.3, 0.4) is 0 Å². The van der Waals surface area contributed by atoms with Gasteiger partial charge in [-0.3, -0.25) is 4.79 Å². The van der Waals surface area contributed by atoms with Crippen molar-refractivity contribution >= 4 is 5.91 Å². The molecular formula is C15H22N2O2. The van der Waals surface area contributed by atoms with Crippen molar-refractivity contribution < 1.29 is 9.53 Å². The second kappa shape index (κ2) is 6.17. The molecule has 0 heterocycles. The number of hydrogen-bond acceptors (Lipinski definition) is 3. The van der Waals surface area contributed by atoms with Gasteiger partial charge in [0.15, 0.2) is 0 Å². The molecule has 19 heavy (non-hydrogen) atoms. The Balaban J connectivity index is 2.08. The van der Waals surface area contributed by atoms with Gasteiger partial charge in [0.1, 0.15) is 6.10 Å². The van der Waals surface area contributed by atoms with Gasteiger partial charge in [-0.05, 0) is 25.3 Å². The number of nitrogens with two attached hydrogens (primary N) is 1. The molecule has 4 heteroatoms. The van der Waals surface area contributed by atoms with Crippen molar-refractivity contribution in [2.24, 2.45) is 5.73 Å². The number of aryl methyl sites for hydroxylation is 1. The molecule has 0 aliphatic heterocycles. The SMILES string of the molecule is COC(CN)C(=O)N(Cc1ccc(C)cc1)C1CC1. The predicted molar refractivity (Wildman–Crippen MR) is 74.6 cm³/mol. The zero-order valence-corrected chi connectivity index (χ0v) is 11.6. The number of carbonyl (C=O) groups is 1. The van der Waals surface area contributed by atoms with Gasteiger partial charge >= 0.3 is 0 Å². The van der Waals surface area contributed by atoms with E-state index in [0.717, 1.165) is 18.4 Å². The molecule has 1 atom stereocenters. The Morgan fingerprint density at radius 2 is 2.05 bits per heavy atom. The van der Waals surface area contributed by atoms with Gasteiger partial charge in [-0.1, -0.05) is 29.8 Å². The molecular weight excluding hydrogens is 240 g/mol. The molecule has 0 bridgehead atoms. The van der Waals surface area contributed by atoms with Crippen LogP contribution < -0.4 is 5.73 Å². The van der Waals surface area contributed by atoms with Crippen LogP contribution in [0.5, 0.6) is 0 Å². The number of carbonyl (C=O) groups excluding carboxylic acids is 1. The average molecular weight is 262 g/mol.